The van der Waals surface area contributed by atoms with Gasteiger partial charge in [-0.2, -0.15) is 0 Å². The first-order valence-corrected chi connectivity index (χ1v) is 7.92. The van der Waals surface area contributed by atoms with Crippen LogP contribution in [0.1, 0.15) is 18.5 Å². The molecular weight excluding hydrogens is 250 g/mol. The van der Waals surface area contributed by atoms with Crippen molar-refractivity contribution >= 4 is 9.84 Å². The van der Waals surface area contributed by atoms with Gasteiger partial charge in [0.05, 0.1) is 11.5 Å². The number of hydrogen-bond donors (Lipinski definition) is 1. The lowest BCUT2D eigenvalue weighted by molar-refractivity contribution is 0.191. The minimum absolute atomic E-state index is 0.0480. The van der Waals surface area contributed by atoms with Gasteiger partial charge < -0.3 is 5.73 Å². The first-order chi connectivity index (χ1) is 8.49. The molecule has 0 saturated carbocycles. The maximum atomic E-state index is 11.5. The van der Waals surface area contributed by atoms with E-state index in [1.165, 1.54) is 0 Å². The molecule has 1 fully saturated rings. The topological polar surface area (TPSA) is 76.3 Å². The van der Waals surface area contributed by atoms with Gasteiger partial charge in [0.1, 0.15) is 0 Å². The fourth-order valence-electron chi connectivity index (χ4n) is 2.41. The summed E-state index contributed by atoms with van der Waals surface area (Å²) in [6.07, 6.45) is 3.48. The number of nitrogens with zero attached hydrogens (tertiary/aromatic N) is 2. The zero-order valence-electron chi connectivity index (χ0n) is 10.5. The normalized spacial score (nSPS) is 23.4. The maximum absolute atomic E-state index is 11.5. The highest BCUT2D eigenvalue weighted by Gasteiger charge is 2.29. The Kier molecular flexibility index (Phi) is 3.99. The number of sulfone groups is 1. The zero-order chi connectivity index (χ0) is 13.2. The van der Waals surface area contributed by atoms with Crippen LogP contribution in [0.15, 0.2) is 24.5 Å². The molecule has 1 aromatic heterocycles. The predicted molar refractivity (Wildman–Crippen MR) is 70.9 cm³/mol. The van der Waals surface area contributed by atoms with Crippen molar-refractivity contribution in [1.82, 2.24) is 9.88 Å². The molecule has 2 unspecified atom stereocenters. The quantitative estimate of drug-likeness (QED) is 0.848. The Bertz CT molecular complexity index is 473. The second kappa shape index (κ2) is 5.34. The van der Waals surface area contributed by atoms with E-state index in [0.29, 0.717) is 13.1 Å². The van der Waals surface area contributed by atoms with Crippen molar-refractivity contribution in [2.45, 2.75) is 19.0 Å². The third-order valence-electron chi connectivity index (χ3n) is 3.32. The highest BCUT2D eigenvalue weighted by atomic mass is 32.2. The molecule has 2 heterocycles. The lowest BCUT2D eigenvalue weighted by Gasteiger charge is -2.36. The van der Waals surface area contributed by atoms with Gasteiger partial charge in [-0.05, 0) is 24.6 Å². The fourth-order valence-corrected chi connectivity index (χ4v) is 3.64. The second-order valence-corrected chi connectivity index (χ2v) is 7.08. The van der Waals surface area contributed by atoms with Gasteiger partial charge >= 0.3 is 0 Å². The van der Waals surface area contributed by atoms with Gasteiger partial charge in [-0.1, -0.05) is 0 Å². The van der Waals surface area contributed by atoms with Crippen molar-refractivity contribution in [3.8, 4) is 0 Å². The van der Waals surface area contributed by atoms with Crippen LogP contribution in [-0.2, 0) is 9.84 Å². The summed E-state index contributed by atoms with van der Waals surface area (Å²) in [5.41, 5.74) is 7.15. The van der Waals surface area contributed by atoms with Crippen molar-refractivity contribution < 1.29 is 8.42 Å². The highest BCUT2D eigenvalue weighted by Crippen LogP contribution is 2.24. The van der Waals surface area contributed by atoms with E-state index in [1.807, 2.05) is 19.1 Å². The molecule has 0 aliphatic carbocycles. The largest absolute Gasteiger partial charge is 0.326 e. The van der Waals surface area contributed by atoms with E-state index in [2.05, 4.69) is 9.88 Å². The Hall–Kier alpha value is -0.980. The van der Waals surface area contributed by atoms with Crippen LogP contribution in [0.4, 0.5) is 0 Å². The standard InChI is InChI=1S/C12H19N3O2S/c1-10(13)12(11-2-4-14-5-3-11)15-6-8-18(16,17)9-7-15/h2-5,10,12H,6-9,13H2,1H3. The Labute approximate surface area is 108 Å². The molecule has 0 amide bonds. The molecule has 2 atom stereocenters. The summed E-state index contributed by atoms with van der Waals surface area (Å²) in [6.45, 7) is 3.06. The lowest BCUT2D eigenvalue weighted by Crippen LogP contribution is -2.47. The Balaban J connectivity index is 2.18. The molecule has 0 bridgehead atoms. The van der Waals surface area contributed by atoms with Crippen LogP contribution in [0, 0.1) is 0 Å². The average Bonchev–Trinajstić information content (AvgIpc) is 2.33. The Morgan fingerprint density at radius 3 is 2.33 bits per heavy atom. The van der Waals surface area contributed by atoms with Crippen LogP contribution < -0.4 is 5.73 Å². The maximum Gasteiger partial charge on any atom is 0.152 e. The molecule has 2 N–H and O–H groups in total. The Morgan fingerprint density at radius 1 is 1.28 bits per heavy atom. The van der Waals surface area contributed by atoms with Gasteiger partial charge in [0.15, 0.2) is 9.84 Å². The molecular formula is C12H19N3O2S. The minimum atomic E-state index is -2.85. The second-order valence-electron chi connectivity index (χ2n) is 4.77. The third-order valence-corrected chi connectivity index (χ3v) is 4.93. The van der Waals surface area contributed by atoms with E-state index in [1.54, 1.807) is 12.4 Å². The zero-order valence-corrected chi connectivity index (χ0v) is 11.3. The molecule has 0 radical (unpaired) electrons. The van der Waals surface area contributed by atoms with Gasteiger partial charge in [-0.25, -0.2) is 8.42 Å². The first kappa shape index (κ1) is 13.5. The van der Waals surface area contributed by atoms with E-state index < -0.39 is 9.84 Å². The molecule has 2 rings (SSSR count). The molecule has 1 saturated heterocycles. The van der Waals surface area contributed by atoms with E-state index >= 15 is 0 Å². The molecule has 1 aliphatic heterocycles. The molecule has 1 aliphatic rings. The summed E-state index contributed by atoms with van der Waals surface area (Å²) in [6, 6.07) is 3.89. The summed E-state index contributed by atoms with van der Waals surface area (Å²) in [5.74, 6) is 0.447. The molecule has 5 nitrogen and oxygen atoms in total. The molecule has 100 valence electrons. The SMILES string of the molecule is CC(N)C(c1ccncc1)N1CCS(=O)(=O)CC1. The van der Waals surface area contributed by atoms with Gasteiger partial charge in [0.25, 0.3) is 0 Å². The molecule has 18 heavy (non-hydrogen) atoms. The first-order valence-electron chi connectivity index (χ1n) is 6.09. The Morgan fingerprint density at radius 2 is 1.83 bits per heavy atom. The van der Waals surface area contributed by atoms with E-state index in [4.69, 9.17) is 5.73 Å². The van der Waals surface area contributed by atoms with Crippen molar-refractivity contribution in [3.05, 3.63) is 30.1 Å². The summed E-state index contributed by atoms with van der Waals surface area (Å²) in [7, 11) is -2.85. The summed E-state index contributed by atoms with van der Waals surface area (Å²) >= 11 is 0. The summed E-state index contributed by atoms with van der Waals surface area (Å²) < 4.78 is 22.9. The number of pyridine rings is 1. The summed E-state index contributed by atoms with van der Waals surface area (Å²) in [4.78, 5) is 6.15. The van der Waals surface area contributed by atoms with Gasteiger partial charge in [0, 0.05) is 37.6 Å². The minimum Gasteiger partial charge on any atom is -0.326 e. The lowest BCUT2D eigenvalue weighted by atomic mass is 10.0. The van der Waals surface area contributed by atoms with Gasteiger partial charge in [0.2, 0.25) is 0 Å². The van der Waals surface area contributed by atoms with Gasteiger partial charge in [-0.3, -0.25) is 9.88 Å². The van der Waals surface area contributed by atoms with Crippen molar-refractivity contribution in [2.75, 3.05) is 24.6 Å². The van der Waals surface area contributed by atoms with E-state index in [9.17, 15) is 8.42 Å². The number of nitrogens with two attached hydrogens (primary N) is 1. The number of rotatable bonds is 3. The van der Waals surface area contributed by atoms with Crippen LogP contribution in [0.25, 0.3) is 0 Å². The smallest absolute Gasteiger partial charge is 0.152 e. The fraction of sp³-hybridized carbons (Fsp3) is 0.583. The summed E-state index contributed by atoms with van der Waals surface area (Å²) in [5, 5.41) is 0. The van der Waals surface area contributed by atoms with Crippen LogP contribution in [-0.4, -0.2) is 48.9 Å². The van der Waals surface area contributed by atoms with Crippen molar-refractivity contribution in [2.24, 2.45) is 5.73 Å². The van der Waals surface area contributed by atoms with Crippen molar-refractivity contribution in [3.63, 3.8) is 0 Å². The molecule has 6 heteroatoms. The van der Waals surface area contributed by atoms with Gasteiger partial charge in [-0.15, -0.1) is 0 Å². The number of hydrogen-bond acceptors (Lipinski definition) is 5. The molecule has 0 spiro atoms. The van der Waals surface area contributed by atoms with Crippen LogP contribution in [0.3, 0.4) is 0 Å². The van der Waals surface area contributed by atoms with Crippen LogP contribution in [0.2, 0.25) is 0 Å². The molecule has 1 aromatic rings. The van der Waals surface area contributed by atoms with E-state index in [-0.39, 0.29) is 23.6 Å². The third kappa shape index (κ3) is 3.07. The monoisotopic (exact) mass is 269 g/mol. The predicted octanol–water partition coefficient (Wildman–Crippen LogP) is 0.200. The molecule has 0 aromatic carbocycles. The highest BCUT2D eigenvalue weighted by molar-refractivity contribution is 7.91. The van der Waals surface area contributed by atoms with Crippen molar-refractivity contribution in [1.29, 1.82) is 0 Å². The number of aromatic nitrogens is 1. The van der Waals surface area contributed by atoms with Crippen LogP contribution in [0.5, 0.6) is 0 Å². The average molecular weight is 269 g/mol. The van der Waals surface area contributed by atoms with E-state index in [0.717, 1.165) is 5.56 Å². The van der Waals surface area contributed by atoms with Crippen LogP contribution >= 0.6 is 0 Å².